The predicted octanol–water partition coefficient (Wildman–Crippen LogP) is 1.56. The monoisotopic (exact) mass is 330 g/mol. The summed E-state index contributed by atoms with van der Waals surface area (Å²) >= 11 is 0. The second kappa shape index (κ2) is 6.86. The molecule has 0 spiro atoms. The largest absolute Gasteiger partial charge is 0.367 e. The molecular weight excluding hydrogens is 308 g/mol. The van der Waals surface area contributed by atoms with Crippen molar-refractivity contribution in [3.05, 3.63) is 29.9 Å². The molecule has 3 rings (SSSR count). The predicted molar refractivity (Wildman–Crippen MR) is 90.1 cm³/mol. The molecule has 0 aromatic carbocycles. The molecular formula is C16H22N6O2. The molecule has 0 atom stereocenters. The molecule has 1 aliphatic heterocycles. The van der Waals surface area contributed by atoms with Gasteiger partial charge in [0.05, 0.1) is 6.20 Å². The number of aryl methyl sites for hydroxylation is 1. The maximum Gasteiger partial charge on any atom is 0.259 e. The van der Waals surface area contributed by atoms with Gasteiger partial charge in [-0.2, -0.15) is 0 Å². The van der Waals surface area contributed by atoms with Crippen LogP contribution in [0.5, 0.6) is 0 Å². The molecule has 0 aliphatic carbocycles. The number of anilines is 2. The average Bonchev–Trinajstić information content (AvgIpc) is 3.01. The Balaban J connectivity index is 1.56. The molecule has 1 amide bonds. The van der Waals surface area contributed by atoms with Crippen LogP contribution in [0.3, 0.4) is 0 Å². The van der Waals surface area contributed by atoms with E-state index < -0.39 is 0 Å². The van der Waals surface area contributed by atoms with E-state index in [1.807, 2.05) is 30.0 Å². The van der Waals surface area contributed by atoms with Gasteiger partial charge in [0, 0.05) is 39.3 Å². The molecule has 0 radical (unpaired) electrons. The van der Waals surface area contributed by atoms with Crippen LogP contribution in [-0.2, 0) is 0 Å². The first-order valence-corrected chi connectivity index (χ1v) is 8.01. The molecule has 3 heterocycles. The summed E-state index contributed by atoms with van der Waals surface area (Å²) in [6, 6.07) is 2.22. The lowest BCUT2D eigenvalue weighted by Crippen LogP contribution is -2.42. The fourth-order valence-electron chi connectivity index (χ4n) is 2.78. The normalized spacial score (nSPS) is 15.4. The summed E-state index contributed by atoms with van der Waals surface area (Å²) in [5, 5.41) is 7.11. The number of aromatic nitrogens is 3. The highest BCUT2D eigenvalue weighted by molar-refractivity contribution is 5.94. The van der Waals surface area contributed by atoms with E-state index in [4.69, 9.17) is 4.52 Å². The Kier molecular flexibility index (Phi) is 4.64. The highest BCUT2D eigenvalue weighted by Crippen LogP contribution is 2.19. The van der Waals surface area contributed by atoms with Gasteiger partial charge >= 0.3 is 0 Å². The Morgan fingerprint density at radius 1 is 1.33 bits per heavy atom. The lowest BCUT2D eigenvalue weighted by atomic mass is 10.0. The summed E-state index contributed by atoms with van der Waals surface area (Å²) in [5.74, 6) is 2.23. The van der Waals surface area contributed by atoms with E-state index in [0.29, 0.717) is 30.5 Å². The summed E-state index contributed by atoms with van der Waals surface area (Å²) in [7, 11) is 3.89. The van der Waals surface area contributed by atoms with Gasteiger partial charge in [-0.1, -0.05) is 5.16 Å². The SMILES string of the molecule is Cc1oncc1C(=O)N1CCC(Nc2cc(N(C)C)ncn2)CC1. The number of carbonyl (C=O) groups is 1. The van der Waals surface area contributed by atoms with Crippen LogP contribution in [-0.4, -0.2) is 59.2 Å². The Hall–Kier alpha value is -2.64. The van der Waals surface area contributed by atoms with Crippen LogP contribution in [0.25, 0.3) is 0 Å². The van der Waals surface area contributed by atoms with Crippen LogP contribution in [0, 0.1) is 6.92 Å². The molecule has 0 saturated carbocycles. The fourth-order valence-corrected chi connectivity index (χ4v) is 2.78. The number of hydrogen-bond acceptors (Lipinski definition) is 7. The van der Waals surface area contributed by atoms with E-state index in [2.05, 4.69) is 20.4 Å². The fraction of sp³-hybridized carbons (Fsp3) is 0.500. The molecule has 128 valence electrons. The van der Waals surface area contributed by atoms with E-state index in [1.165, 1.54) is 6.20 Å². The number of piperidine rings is 1. The molecule has 1 N–H and O–H groups in total. The molecule has 8 nitrogen and oxygen atoms in total. The molecule has 0 bridgehead atoms. The summed E-state index contributed by atoms with van der Waals surface area (Å²) in [5.41, 5.74) is 0.549. The maximum atomic E-state index is 12.4. The van der Waals surface area contributed by atoms with Gasteiger partial charge in [0.2, 0.25) is 0 Å². The lowest BCUT2D eigenvalue weighted by molar-refractivity contribution is 0.0716. The maximum absolute atomic E-state index is 12.4. The van der Waals surface area contributed by atoms with Gasteiger partial charge in [0.15, 0.2) is 0 Å². The third-order valence-electron chi connectivity index (χ3n) is 4.23. The van der Waals surface area contributed by atoms with Crippen LogP contribution in [0.2, 0.25) is 0 Å². The van der Waals surface area contributed by atoms with Crippen LogP contribution < -0.4 is 10.2 Å². The molecule has 2 aromatic rings. The number of nitrogens with zero attached hydrogens (tertiary/aromatic N) is 5. The summed E-state index contributed by atoms with van der Waals surface area (Å²) in [6.07, 6.45) is 4.80. The molecule has 0 unspecified atom stereocenters. The van der Waals surface area contributed by atoms with Crippen molar-refractivity contribution in [2.75, 3.05) is 37.4 Å². The number of amides is 1. The van der Waals surface area contributed by atoms with Gasteiger partial charge in [0.25, 0.3) is 5.91 Å². The van der Waals surface area contributed by atoms with E-state index in [9.17, 15) is 4.79 Å². The highest BCUT2D eigenvalue weighted by atomic mass is 16.5. The summed E-state index contributed by atoms with van der Waals surface area (Å²) < 4.78 is 4.98. The summed E-state index contributed by atoms with van der Waals surface area (Å²) in [4.78, 5) is 24.7. The van der Waals surface area contributed by atoms with Crippen molar-refractivity contribution in [1.29, 1.82) is 0 Å². The lowest BCUT2D eigenvalue weighted by Gasteiger charge is -2.32. The van der Waals surface area contributed by atoms with Crippen molar-refractivity contribution in [2.24, 2.45) is 0 Å². The van der Waals surface area contributed by atoms with Crippen LogP contribution in [0.1, 0.15) is 29.0 Å². The third kappa shape index (κ3) is 3.47. The van der Waals surface area contributed by atoms with E-state index in [1.54, 1.807) is 13.3 Å². The summed E-state index contributed by atoms with van der Waals surface area (Å²) in [6.45, 7) is 3.16. The number of carbonyl (C=O) groups excluding carboxylic acids is 1. The second-order valence-electron chi connectivity index (χ2n) is 6.16. The zero-order valence-electron chi connectivity index (χ0n) is 14.2. The molecule has 1 aliphatic rings. The number of rotatable bonds is 4. The number of nitrogens with one attached hydrogen (secondary N) is 1. The van der Waals surface area contributed by atoms with Gasteiger partial charge < -0.3 is 19.6 Å². The highest BCUT2D eigenvalue weighted by Gasteiger charge is 2.26. The standard InChI is InChI=1S/C16H22N6O2/c1-11-13(9-19-24-11)16(23)22-6-4-12(5-7-22)20-14-8-15(21(2)3)18-10-17-14/h8-10,12H,4-7H2,1-3H3,(H,17,18,20). The molecule has 2 aromatic heterocycles. The first kappa shape index (κ1) is 16.2. The minimum atomic E-state index is -0.0101. The van der Waals surface area contributed by atoms with Crippen molar-refractivity contribution in [2.45, 2.75) is 25.8 Å². The van der Waals surface area contributed by atoms with Gasteiger partial charge in [0.1, 0.15) is 29.3 Å². The Morgan fingerprint density at radius 2 is 2.08 bits per heavy atom. The van der Waals surface area contributed by atoms with E-state index >= 15 is 0 Å². The van der Waals surface area contributed by atoms with Crippen LogP contribution in [0.15, 0.2) is 23.1 Å². The minimum Gasteiger partial charge on any atom is -0.367 e. The third-order valence-corrected chi connectivity index (χ3v) is 4.23. The second-order valence-corrected chi connectivity index (χ2v) is 6.16. The molecule has 24 heavy (non-hydrogen) atoms. The number of hydrogen-bond donors (Lipinski definition) is 1. The van der Waals surface area contributed by atoms with Gasteiger partial charge in [-0.25, -0.2) is 9.97 Å². The van der Waals surface area contributed by atoms with E-state index in [0.717, 1.165) is 24.5 Å². The Labute approximate surface area is 140 Å². The molecule has 8 heteroatoms. The Morgan fingerprint density at radius 3 is 2.71 bits per heavy atom. The topological polar surface area (TPSA) is 87.4 Å². The zero-order chi connectivity index (χ0) is 17.1. The van der Waals surface area contributed by atoms with E-state index in [-0.39, 0.29) is 5.91 Å². The van der Waals surface area contributed by atoms with Crippen molar-refractivity contribution in [1.82, 2.24) is 20.0 Å². The van der Waals surface area contributed by atoms with Crippen LogP contribution >= 0.6 is 0 Å². The quantitative estimate of drug-likeness (QED) is 0.910. The van der Waals surface area contributed by atoms with Gasteiger partial charge in [-0.3, -0.25) is 4.79 Å². The first-order chi connectivity index (χ1) is 11.5. The smallest absolute Gasteiger partial charge is 0.259 e. The average molecular weight is 330 g/mol. The van der Waals surface area contributed by atoms with Crippen LogP contribution in [0.4, 0.5) is 11.6 Å². The Bertz CT molecular complexity index is 706. The first-order valence-electron chi connectivity index (χ1n) is 8.01. The van der Waals surface area contributed by atoms with Crippen molar-refractivity contribution in [3.63, 3.8) is 0 Å². The molecule has 1 saturated heterocycles. The number of likely N-dealkylation sites (tertiary alicyclic amines) is 1. The van der Waals surface area contributed by atoms with Gasteiger partial charge in [-0.15, -0.1) is 0 Å². The van der Waals surface area contributed by atoms with Crippen molar-refractivity contribution < 1.29 is 9.32 Å². The van der Waals surface area contributed by atoms with Crippen molar-refractivity contribution >= 4 is 17.5 Å². The molecule has 1 fully saturated rings. The zero-order valence-corrected chi connectivity index (χ0v) is 14.2. The van der Waals surface area contributed by atoms with Gasteiger partial charge in [-0.05, 0) is 19.8 Å². The minimum absolute atomic E-state index is 0.0101. The van der Waals surface area contributed by atoms with Crippen molar-refractivity contribution in [3.8, 4) is 0 Å².